The van der Waals surface area contributed by atoms with Crippen molar-refractivity contribution in [2.24, 2.45) is 17.8 Å². The molecule has 0 amide bonds. The molecule has 1 fully saturated rings. The molecule has 150 valence electrons. The molecule has 5 heteroatoms. The van der Waals surface area contributed by atoms with Gasteiger partial charge < -0.3 is 9.47 Å². The summed E-state index contributed by atoms with van der Waals surface area (Å²) in [6, 6.07) is 0. The Kier molecular flexibility index (Phi) is 6.33. The third-order valence-corrected chi connectivity index (χ3v) is 6.25. The Balaban J connectivity index is 2.44. The van der Waals surface area contributed by atoms with Crippen molar-refractivity contribution in [1.82, 2.24) is 0 Å². The number of allylic oxidation sites excluding steroid dienone is 3. The van der Waals surface area contributed by atoms with Crippen molar-refractivity contribution in [3.63, 3.8) is 0 Å². The Morgan fingerprint density at radius 3 is 2.37 bits per heavy atom. The maximum atomic E-state index is 12.5. The summed E-state index contributed by atoms with van der Waals surface area (Å²) in [6.45, 7) is 12.6. The lowest BCUT2D eigenvalue weighted by Crippen LogP contribution is -2.44. The molecule has 27 heavy (non-hydrogen) atoms. The van der Waals surface area contributed by atoms with Crippen molar-refractivity contribution >= 4 is 17.7 Å². The van der Waals surface area contributed by atoms with Crippen molar-refractivity contribution in [1.29, 1.82) is 0 Å². The van der Waals surface area contributed by atoms with Crippen LogP contribution in [0.5, 0.6) is 0 Å². The van der Waals surface area contributed by atoms with Crippen molar-refractivity contribution in [3.8, 4) is 0 Å². The van der Waals surface area contributed by atoms with E-state index in [1.807, 2.05) is 20.8 Å². The molecular formula is C22H32O5. The molecule has 0 spiro atoms. The van der Waals surface area contributed by atoms with Gasteiger partial charge in [-0.1, -0.05) is 18.6 Å². The first-order chi connectivity index (χ1) is 12.5. The molecular weight excluding hydrogens is 344 g/mol. The number of fused-ring (bicyclic) bond motifs is 1. The van der Waals surface area contributed by atoms with E-state index in [0.29, 0.717) is 24.8 Å². The van der Waals surface area contributed by atoms with Gasteiger partial charge in [-0.25, -0.2) is 4.79 Å². The van der Waals surface area contributed by atoms with E-state index in [1.165, 1.54) is 6.92 Å². The molecule has 0 aromatic rings. The fourth-order valence-electron chi connectivity index (χ4n) is 4.46. The Labute approximate surface area is 162 Å². The van der Waals surface area contributed by atoms with E-state index in [9.17, 15) is 14.4 Å². The van der Waals surface area contributed by atoms with Crippen LogP contribution in [-0.2, 0) is 23.9 Å². The molecule has 0 radical (unpaired) electrons. The topological polar surface area (TPSA) is 69.7 Å². The minimum absolute atomic E-state index is 0.180. The zero-order chi connectivity index (χ0) is 20.5. The third-order valence-electron chi connectivity index (χ3n) is 6.25. The Morgan fingerprint density at radius 2 is 1.81 bits per heavy atom. The number of hydrogen-bond donors (Lipinski definition) is 0. The third kappa shape index (κ3) is 4.50. The molecule has 3 unspecified atom stereocenters. The Morgan fingerprint density at radius 1 is 1.19 bits per heavy atom. The van der Waals surface area contributed by atoms with Gasteiger partial charge in [0.15, 0.2) is 5.78 Å². The molecule has 4 atom stereocenters. The number of hydrogen-bond acceptors (Lipinski definition) is 5. The highest BCUT2D eigenvalue weighted by atomic mass is 16.6. The number of carbonyl (C=O) groups excluding carboxylic acids is 3. The summed E-state index contributed by atoms with van der Waals surface area (Å²) in [4.78, 5) is 36.4. The maximum Gasteiger partial charge on any atom is 0.333 e. The first-order valence-corrected chi connectivity index (χ1v) is 9.74. The molecule has 2 rings (SSSR count). The summed E-state index contributed by atoms with van der Waals surface area (Å²) in [7, 11) is 0. The highest BCUT2D eigenvalue weighted by Crippen LogP contribution is 2.47. The van der Waals surface area contributed by atoms with Gasteiger partial charge in [0, 0.05) is 24.8 Å². The fraction of sp³-hybridized carbons (Fsp3) is 0.682. The molecule has 0 aromatic carbocycles. The molecule has 0 N–H and O–H groups in total. The molecule has 1 saturated carbocycles. The van der Waals surface area contributed by atoms with Gasteiger partial charge >= 0.3 is 11.9 Å². The maximum absolute atomic E-state index is 12.5. The van der Waals surface area contributed by atoms with E-state index in [2.05, 4.69) is 6.92 Å². The summed E-state index contributed by atoms with van der Waals surface area (Å²) in [5.74, 6) is -0.323. The molecule has 0 aliphatic heterocycles. The first-order valence-electron chi connectivity index (χ1n) is 9.74. The molecule has 5 nitrogen and oxygen atoms in total. The van der Waals surface area contributed by atoms with E-state index < -0.39 is 5.60 Å². The van der Waals surface area contributed by atoms with E-state index in [1.54, 1.807) is 19.9 Å². The normalized spacial score (nSPS) is 29.3. The van der Waals surface area contributed by atoms with Gasteiger partial charge in [-0.2, -0.15) is 0 Å². The molecule has 0 aromatic heterocycles. The van der Waals surface area contributed by atoms with Gasteiger partial charge in [0.25, 0.3) is 0 Å². The van der Waals surface area contributed by atoms with Crippen molar-refractivity contribution < 1.29 is 23.9 Å². The van der Waals surface area contributed by atoms with Gasteiger partial charge in [0.05, 0.1) is 0 Å². The number of Topliss-reactive ketones (excluding diaryl/α,β-unsaturated/α-hetero) is 1. The predicted molar refractivity (Wildman–Crippen MR) is 103 cm³/mol. The summed E-state index contributed by atoms with van der Waals surface area (Å²) >= 11 is 0. The second-order valence-electron chi connectivity index (χ2n) is 8.52. The summed E-state index contributed by atoms with van der Waals surface area (Å²) in [5.41, 5.74) is 1.71. The number of carbonyl (C=O) groups is 3. The molecule has 0 saturated heterocycles. The van der Waals surface area contributed by atoms with Crippen LogP contribution < -0.4 is 0 Å². The standard InChI is InChI=1S/C22H32O5/c1-8-12(2)21(25)26-20-9-13(3)16-11-19(24)14(4)17(16)10-18(20)22(6,7)27-15(5)23/h8,13,16,18,20H,9-11H2,1-7H3/b12-8-/t13?,16-,18?,20?/m1/s1. The van der Waals surface area contributed by atoms with E-state index in [4.69, 9.17) is 9.47 Å². The summed E-state index contributed by atoms with van der Waals surface area (Å²) in [5, 5.41) is 0. The monoisotopic (exact) mass is 376 g/mol. The van der Waals surface area contributed by atoms with Gasteiger partial charge in [-0.05, 0) is 64.9 Å². The lowest BCUT2D eigenvalue weighted by Gasteiger charge is -2.38. The van der Waals surface area contributed by atoms with Crippen LogP contribution in [0.4, 0.5) is 0 Å². The van der Waals surface area contributed by atoms with Crippen LogP contribution in [0.25, 0.3) is 0 Å². The lowest BCUT2D eigenvalue weighted by molar-refractivity contribution is -0.170. The van der Waals surface area contributed by atoms with Gasteiger partial charge in [0.2, 0.25) is 0 Å². The SMILES string of the molecule is C/C=C(/C)C(=O)OC1CC(C)[C@H]2CC(=O)C(C)=C2CC1C(C)(C)OC(C)=O. The van der Waals surface area contributed by atoms with Crippen LogP contribution in [-0.4, -0.2) is 29.4 Å². The van der Waals surface area contributed by atoms with Gasteiger partial charge in [0.1, 0.15) is 11.7 Å². The van der Waals surface area contributed by atoms with Crippen molar-refractivity contribution in [3.05, 3.63) is 22.8 Å². The highest BCUT2D eigenvalue weighted by Gasteiger charge is 2.47. The summed E-state index contributed by atoms with van der Waals surface area (Å²) in [6.07, 6.45) is 3.12. The quantitative estimate of drug-likeness (QED) is 0.544. The van der Waals surface area contributed by atoms with Gasteiger partial charge in [-0.3, -0.25) is 9.59 Å². The number of esters is 2. The average molecular weight is 376 g/mol. The van der Waals surface area contributed by atoms with Gasteiger partial charge in [-0.15, -0.1) is 0 Å². The summed E-state index contributed by atoms with van der Waals surface area (Å²) < 4.78 is 11.5. The fourth-order valence-corrected chi connectivity index (χ4v) is 4.46. The Bertz CT molecular complexity index is 697. The van der Waals surface area contributed by atoms with Crippen LogP contribution in [0.3, 0.4) is 0 Å². The van der Waals surface area contributed by atoms with Crippen LogP contribution in [0, 0.1) is 17.8 Å². The molecule has 2 aliphatic rings. The molecule has 0 bridgehead atoms. The van der Waals surface area contributed by atoms with Crippen molar-refractivity contribution in [2.75, 3.05) is 0 Å². The minimum atomic E-state index is -0.811. The second-order valence-corrected chi connectivity index (χ2v) is 8.52. The minimum Gasteiger partial charge on any atom is -0.459 e. The zero-order valence-corrected chi connectivity index (χ0v) is 17.5. The van der Waals surface area contributed by atoms with Crippen LogP contribution >= 0.6 is 0 Å². The average Bonchev–Trinajstić information content (AvgIpc) is 2.76. The largest absolute Gasteiger partial charge is 0.459 e. The first kappa shape index (κ1) is 21.4. The predicted octanol–water partition coefficient (Wildman–Crippen LogP) is 4.16. The highest BCUT2D eigenvalue weighted by molar-refractivity contribution is 5.98. The lowest BCUT2D eigenvalue weighted by atomic mass is 9.80. The zero-order valence-electron chi connectivity index (χ0n) is 17.5. The van der Waals surface area contributed by atoms with E-state index >= 15 is 0 Å². The van der Waals surface area contributed by atoms with E-state index in [0.717, 1.165) is 11.1 Å². The van der Waals surface area contributed by atoms with Crippen LogP contribution in [0.15, 0.2) is 22.8 Å². The second kappa shape index (κ2) is 7.99. The smallest absolute Gasteiger partial charge is 0.333 e. The molecule has 2 aliphatic carbocycles. The van der Waals surface area contributed by atoms with Crippen molar-refractivity contribution in [2.45, 2.75) is 79.4 Å². The Hall–Kier alpha value is -1.91. The van der Waals surface area contributed by atoms with E-state index in [-0.39, 0.29) is 41.6 Å². The number of ether oxygens (including phenoxy) is 2. The van der Waals surface area contributed by atoms with Crippen LogP contribution in [0.2, 0.25) is 0 Å². The molecule has 0 heterocycles. The van der Waals surface area contributed by atoms with Crippen LogP contribution in [0.1, 0.15) is 67.7 Å². The number of rotatable bonds is 4. The number of ketones is 1.